The number of aliphatic hydroxyl groups excluding tert-OH is 1. The summed E-state index contributed by atoms with van der Waals surface area (Å²) < 4.78 is 0. The minimum Gasteiger partial charge on any atom is -0.394 e. The zero-order valence-electron chi connectivity index (χ0n) is 9.29. The van der Waals surface area contributed by atoms with Crippen molar-refractivity contribution in [2.45, 2.75) is 33.2 Å². The van der Waals surface area contributed by atoms with Crippen LogP contribution in [0.2, 0.25) is 0 Å². The first-order valence-electron chi connectivity index (χ1n) is 5.14. The largest absolute Gasteiger partial charge is 0.394 e. The predicted molar refractivity (Wildman–Crippen MR) is 56.7 cm³/mol. The third-order valence-electron chi connectivity index (χ3n) is 2.38. The number of aliphatic hydroxyl groups is 1. The molecule has 4 nitrogen and oxygen atoms in total. The van der Waals surface area contributed by atoms with E-state index >= 15 is 0 Å². The molecule has 4 heteroatoms. The Kier molecular flexibility index (Phi) is 6.49. The first-order chi connectivity index (χ1) is 6.52. The van der Waals surface area contributed by atoms with Gasteiger partial charge < -0.3 is 16.2 Å². The van der Waals surface area contributed by atoms with Gasteiger partial charge in [0.05, 0.1) is 12.6 Å². The van der Waals surface area contributed by atoms with Crippen LogP contribution in [0.5, 0.6) is 0 Å². The van der Waals surface area contributed by atoms with E-state index in [9.17, 15) is 4.79 Å². The average Bonchev–Trinajstić information content (AvgIpc) is 2.13. The maximum absolute atomic E-state index is 11.5. The Balaban J connectivity index is 4.01. The summed E-state index contributed by atoms with van der Waals surface area (Å²) in [4.78, 5) is 11.5. The SMILES string of the molecule is CC(CCN)C(=O)N[C@H](CO)C(C)C. The molecule has 0 aliphatic heterocycles. The van der Waals surface area contributed by atoms with E-state index in [4.69, 9.17) is 10.8 Å². The Morgan fingerprint density at radius 2 is 2.00 bits per heavy atom. The van der Waals surface area contributed by atoms with Crippen LogP contribution in [0, 0.1) is 11.8 Å². The topological polar surface area (TPSA) is 75.4 Å². The first kappa shape index (κ1) is 13.4. The molecule has 1 amide bonds. The summed E-state index contributed by atoms with van der Waals surface area (Å²) >= 11 is 0. The van der Waals surface area contributed by atoms with Crippen molar-refractivity contribution in [3.05, 3.63) is 0 Å². The minimum absolute atomic E-state index is 0.0151. The predicted octanol–water partition coefficient (Wildman–Crippen LogP) is 0.104. The highest BCUT2D eigenvalue weighted by atomic mass is 16.3. The Bertz CT molecular complexity index is 172. The van der Waals surface area contributed by atoms with Crippen LogP contribution in [0.15, 0.2) is 0 Å². The Hall–Kier alpha value is -0.610. The lowest BCUT2D eigenvalue weighted by Gasteiger charge is -2.22. The summed E-state index contributed by atoms with van der Waals surface area (Å²) in [7, 11) is 0. The molecule has 1 unspecified atom stereocenters. The zero-order chi connectivity index (χ0) is 11.1. The van der Waals surface area contributed by atoms with Gasteiger partial charge in [0.25, 0.3) is 0 Å². The fraction of sp³-hybridized carbons (Fsp3) is 0.900. The molecular weight excluding hydrogens is 180 g/mol. The van der Waals surface area contributed by atoms with E-state index in [-0.39, 0.29) is 30.4 Å². The van der Waals surface area contributed by atoms with Crippen molar-refractivity contribution in [2.75, 3.05) is 13.2 Å². The average molecular weight is 202 g/mol. The third-order valence-corrected chi connectivity index (χ3v) is 2.38. The van der Waals surface area contributed by atoms with Crippen LogP contribution < -0.4 is 11.1 Å². The smallest absolute Gasteiger partial charge is 0.223 e. The Labute approximate surface area is 85.9 Å². The lowest BCUT2D eigenvalue weighted by molar-refractivity contribution is -0.126. The molecule has 0 radical (unpaired) electrons. The normalized spacial score (nSPS) is 15.3. The molecular formula is C10H22N2O2. The highest BCUT2D eigenvalue weighted by Gasteiger charge is 2.18. The van der Waals surface area contributed by atoms with Crippen LogP contribution in [-0.4, -0.2) is 30.2 Å². The van der Waals surface area contributed by atoms with Gasteiger partial charge in [-0.1, -0.05) is 20.8 Å². The molecule has 0 aromatic rings. The van der Waals surface area contributed by atoms with Crippen molar-refractivity contribution in [3.8, 4) is 0 Å². The Morgan fingerprint density at radius 3 is 2.36 bits per heavy atom. The van der Waals surface area contributed by atoms with Crippen molar-refractivity contribution in [2.24, 2.45) is 17.6 Å². The van der Waals surface area contributed by atoms with Crippen molar-refractivity contribution in [3.63, 3.8) is 0 Å². The molecule has 4 N–H and O–H groups in total. The van der Waals surface area contributed by atoms with Crippen molar-refractivity contribution >= 4 is 5.91 Å². The van der Waals surface area contributed by atoms with Gasteiger partial charge in [-0.2, -0.15) is 0 Å². The van der Waals surface area contributed by atoms with Gasteiger partial charge in [0.15, 0.2) is 0 Å². The number of rotatable bonds is 6. The molecule has 0 spiro atoms. The molecule has 0 bridgehead atoms. The van der Waals surface area contributed by atoms with Crippen LogP contribution >= 0.6 is 0 Å². The molecule has 0 fully saturated rings. The quantitative estimate of drug-likeness (QED) is 0.572. The highest BCUT2D eigenvalue weighted by Crippen LogP contribution is 2.04. The van der Waals surface area contributed by atoms with Crippen molar-refractivity contribution < 1.29 is 9.90 Å². The van der Waals surface area contributed by atoms with Gasteiger partial charge >= 0.3 is 0 Å². The van der Waals surface area contributed by atoms with E-state index in [1.165, 1.54) is 0 Å². The van der Waals surface area contributed by atoms with Gasteiger partial charge in [-0.05, 0) is 18.9 Å². The standard InChI is InChI=1S/C10H22N2O2/c1-7(2)9(6-13)12-10(14)8(3)4-5-11/h7-9,13H,4-6,11H2,1-3H3,(H,12,14)/t8?,9-/m1/s1. The van der Waals surface area contributed by atoms with Gasteiger partial charge in [0.1, 0.15) is 0 Å². The number of nitrogens with two attached hydrogens (primary N) is 1. The Morgan fingerprint density at radius 1 is 1.43 bits per heavy atom. The van der Waals surface area contributed by atoms with Crippen LogP contribution in [-0.2, 0) is 4.79 Å². The summed E-state index contributed by atoms with van der Waals surface area (Å²) in [6, 6.07) is -0.150. The molecule has 2 atom stereocenters. The minimum atomic E-state index is -0.150. The molecule has 0 saturated heterocycles. The van der Waals surface area contributed by atoms with E-state index in [0.29, 0.717) is 13.0 Å². The summed E-state index contributed by atoms with van der Waals surface area (Å²) in [6.07, 6.45) is 0.683. The summed E-state index contributed by atoms with van der Waals surface area (Å²) in [5, 5.41) is 11.8. The number of hydrogen-bond acceptors (Lipinski definition) is 3. The van der Waals surface area contributed by atoms with Gasteiger partial charge in [-0.25, -0.2) is 0 Å². The van der Waals surface area contributed by atoms with E-state index in [0.717, 1.165) is 0 Å². The van der Waals surface area contributed by atoms with E-state index < -0.39 is 0 Å². The van der Waals surface area contributed by atoms with Crippen molar-refractivity contribution in [1.29, 1.82) is 0 Å². The number of amides is 1. The number of nitrogens with one attached hydrogen (secondary N) is 1. The van der Waals surface area contributed by atoms with Crippen LogP contribution in [0.25, 0.3) is 0 Å². The lowest BCUT2D eigenvalue weighted by atomic mass is 10.0. The fourth-order valence-electron chi connectivity index (χ4n) is 1.13. The molecule has 0 aliphatic rings. The maximum Gasteiger partial charge on any atom is 0.223 e. The molecule has 0 aromatic carbocycles. The summed E-state index contributed by atoms with van der Waals surface area (Å²) in [5.74, 6) is 0.144. The molecule has 0 saturated carbocycles. The summed E-state index contributed by atoms with van der Waals surface area (Å²) in [6.45, 7) is 6.28. The van der Waals surface area contributed by atoms with Crippen LogP contribution in [0.4, 0.5) is 0 Å². The van der Waals surface area contributed by atoms with E-state index in [2.05, 4.69) is 5.32 Å². The molecule has 0 aromatic heterocycles. The third kappa shape index (κ3) is 4.58. The van der Waals surface area contributed by atoms with E-state index in [1.807, 2.05) is 20.8 Å². The second-order valence-corrected chi connectivity index (χ2v) is 4.02. The second kappa shape index (κ2) is 6.79. The molecule has 14 heavy (non-hydrogen) atoms. The fourth-order valence-corrected chi connectivity index (χ4v) is 1.13. The van der Waals surface area contributed by atoms with Crippen molar-refractivity contribution in [1.82, 2.24) is 5.32 Å². The molecule has 0 heterocycles. The molecule has 0 aliphatic carbocycles. The number of carbonyl (C=O) groups excluding carboxylic acids is 1. The lowest BCUT2D eigenvalue weighted by Crippen LogP contribution is -2.43. The first-order valence-corrected chi connectivity index (χ1v) is 5.14. The van der Waals surface area contributed by atoms with Crippen LogP contribution in [0.1, 0.15) is 27.2 Å². The van der Waals surface area contributed by atoms with Gasteiger partial charge in [0.2, 0.25) is 5.91 Å². The van der Waals surface area contributed by atoms with Crippen LogP contribution in [0.3, 0.4) is 0 Å². The van der Waals surface area contributed by atoms with Gasteiger partial charge in [0, 0.05) is 5.92 Å². The molecule has 0 rings (SSSR count). The van der Waals surface area contributed by atoms with Gasteiger partial charge in [-0.3, -0.25) is 4.79 Å². The zero-order valence-corrected chi connectivity index (χ0v) is 9.29. The summed E-state index contributed by atoms with van der Waals surface area (Å²) in [5.41, 5.74) is 5.36. The van der Waals surface area contributed by atoms with E-state index in [1.54, 1.807) is 0 Å². The molecule has 84 valence electrons. The monoisotopic (exact) mass is 202 g/mol. The van der Waals surface area contributed by atoms with Gasteiger partial charge in [-0.15, -0.1) is 0 Å². The maximum atomic E-state index is 11.5. The number of hydrogen-bond donors (Lipinski definition) is 3. The number of carbonyl (C=O) groups is 1. The second-order valence-electron chi connectivity index (χ2n) is 4.02. The highest BCUT2D eigenvalue weighted by molar-refractivity contribution is 5.78.